The maximum Gasteiger partial charge on any atom is 0.221 e. The van der Waals surface area contributed by atoms with E-state index in [-0.39, 0.29) is 43.6 Å². The molecule has 2 aromatic carbocycles. The lowest BCUT2D eigenvalue weighted by Gasteiger charge is -2.12. The first kappa shape index (κ1) is 22.1. The van der Waals surface area contributed by atoms with Crippen LogP contribution in [0, 0.1) is 0 Å². The molecule has 4 N–H and O–H groups in total. The summed E-state index contributed by atoms with van der Waals surface area (Å²) < 4.78 is 26.4. The minimum atomic E-state index is -3.45. The second kappa shape index (κ2) is 10.9. The number of halogens is 1. The molecule has 2 rings (SSSR count). The van der Waals surface area contributed by atoms with Gasteiger partial charge < -0.3 is 11.1 Å². The predicted molar refractivity (Wildman–Crippen MR) is 105 cm³/mol. The third kappa shape index (κ3) is 7.97. The zero-order valence-corrected chi connectivity index (χ0v) is 15.9. The van der Waals surface area contributed by atoms with Crippen molar-refractivity contribution in [2.75, 3.05) is 12.3 Å². The van der Waals surface area contributed by atoms with Crippen LogP contribution < -0.4 is 15.8 Å². The SMILES string of the molecule is Cl.NC(CC(=O)NCCS(=O)(=O)NCc1ccccc1)c1ccccc1. The first-order valence-electron chi connectivity index (χ1n) is 8.05. The van der Waals surface area contributed by atoms with E-state index >= 15 is 0 Å². The van der Waals surface area contributed by atoms with Gasteiger partial charge in [0, 0.05) is 25.6 Å². The van der Waals surface area contributed by atoms with E-state index in [1.165, 1.54) is 0 Å². The van der Waals surface area contributed by atoms with E-state index in [1.807, 2.05) is 60.7 Å². The van der Waals surface area contributed by atoms with Gasteiger partial charge in [0.25, 0.3) is 0 Å². The molecule has 0 aromatic heterocycles. The lowest BCUT2D eigenvalue weighted by Crippen LogP contribution is -2.35. The molecule has 142 valence electrons. The summed E-state index contributed by atoms with van der Waals surface area (Å²) in [5.41, 5.74) is 7.72. The number of carbonyl (C=O) groups is 1. The molecule has 0 aliphatic heterocycles. The minimum Gasteiger partial charge on any atom is -0.355 e. The number of amides is 1. The first-order chi connectivity index (χ1) is 12.0. The highest BCUT2D eigenvalue weighted by atomic mass is 35.5. The molecule has 0 bridgehead atoms. The predicted octanol–water partition coefficient (Wildman–Crippen LogP) is 1.73. The monoisotopic (exact) mass is 397 g/mol. The maximum atomic E-state index is 11.9. The van der Waals surface area contributed by atoms with Crippen LogP contribution in [0.25, 0.3) is 0 Å². The topological polar surface area (TPSA) is 101 Å². The van der Waals surface area contributed by atoms with Crippen LogP contribution in [-0.4, -0.2) is 26.6 Å². The van der Waals surface area contributed by atoms with E-state index in [1.54, 1.807) is 0 Å². The summed E-state index contributed by atoms with van der Waals surface area (Å²) in [4.78, 5) is 11.9. The number of sulfonamides is 1. The molecule has 0 spiro atoms. The maximum absolute atomic E-state index is 11.9. The van der Waals surface area contributed by atoms with Crippen molar-refractivity contribution in [3.8, 4) is 0 Å². The fourth-order valence-corrected chi connectivity index (χ4v) is 3.18. The molecule has 0 aliphatic carbocycles. The average Bonchev–Trinajstić information content (AvgIpc) is 2.61. The van der Waals surface area contributed by atoms with Crippen molar-refractivity contribution in [3.63, 3.8) is 0 Å². The zero-order chi connectivity index (χ0) is 18.1. The first-order valence-corrected chi connectivity index (χ1v) is 9.70. The van der Waals surface area contributed by atoms with Crippen molar-refractivity contribution >= 4 is 28.3 Å². The number of hydrogen-bond donors (Lipinski definition) is 3. The molecule has 1 unspecified atom stereocenters. The van der Waals surface area contributed by atoms with Crippen molar-refractivity contribution in [2.24, 2.45) is 5.73 Å². The van der Waals surface area contributed by atoms with Gasteiger partial charge in [-0.2, -0.15) is 0 Å². The molecule has 0 aliphatic rings. The Morgan fingerprint density at radius 1 is 1.00 bits per heavy atom. The smallest absolute Gasteiger partial charge is 0.221 e. The van der Waals surface area contributed by atoms with Crippen molar-refractivity contribution in [1.29, 1.82) is 0 Å². The fourth-order valence-electron chi connectivity index (χ4n) is 2.28. The number of nitrogens with two attached hydrogens (primary N) is 1. The molecule has 6 nitrogen and oxygen atoms in total. The Labute approximate surface area is 160 Å². The molecule has 8 heteroatoms. The van der Waals surface area contributed by atoms with Crippen molar-refractivity contribution in [2.45, 2.75) is 19.0 Å². The van der Waals surface area contributed by atoms with Gasteiger partial charge in [-0.25, -0.2) is 13.1 Å². The third-order valence-corrected chi connectivity index (χ3v) is 4.99. The second-order valence-corrected chi connectivity index (χ2v) is 7.62. The van der Waals surface area contributed by atoms with Gasteiger partial charge in [-0.1, -0.05) is 60.7 Å². The Morgan fingerprint density at radius 2 is 1.58 bits per heavy atom. The van der Waals surface area contributed by atoms with Crippen LogP contribution in [0.15, 0.2) is 60.7 Å². The molecule has 0 heterocycles. The van der Waals surface area contributed by atoms with E-state index in [9.17, 15) is 13.2 Å². The van der Waals surface area contributed by atoms with Gasteiger partial charge in [0.2, 0.25) is 15.9 Å². The quantitative estimate of drug-likeness (QED) is 0.599. The van der Waals surface area contributed by atoms with Crippen LogP contribution in [0.3, 0.4) is 0 Å². The van der Waals surface area contributed by atoms with Gasteiger partial charge in [-0.05, 0) is 11.1 Å². The van der Waals surface area contributed by atoms with Crippen molar-refractivity contribution < 1.29 is 13.2 Å². The molecular formula is C18H24ClN3O3S. The third-order valence-electron chi connectivity index (χ3n) is 3.67. The summed E-state index contributed by atoms with van der Waals surface area (Å²) in [6, 6.07) is 18.2. The molecule has 26 heavy (non-hydrogen) atoms. The Hall–Kier alpha value is -1.93. The highest BCUT2D eigenvalue weighted by Gasteiger charge is 2.13. The highest BCUT2D eigenvalue weighted by molar-refractivity contribution is 7.89. The van der Waals surface area contributed by atoms with E-state index in [2.05, 4.69) is 10.0 Å². The minimum absolute atomic E-state index is 0. The molecular weight excluding hydrogens is 374 g/mol. The zero-order valence-electron chi connectivity index (χ0n) is 14.3. The van der Waals surface area contributed by atoms with Crippen LogP contribution in [-0.2, 0) is 21.4 Å². The lowest BCUT2D eigenvalue weighted by molar-refractivity contribution is -0.121. The van der Waals surface area contributed by atoms with Gasteiger partial charge in [0.1, 0.15) is 0 Å². The van der Waals surface area contributed by atoms with Crippen LogP contribution >= 0.6 is 12.4 Å². The number of benzene rings is 2. The molecule has 1 atom stereocenters. The van der Waals surface area contributed by atoms with E-state index < -0.39 is 16.1 Å². The van der Waals surface area contributed by atoms with Crippen molar-refractivity contribution in [1.82, 2.24) is 10.0 Å². The summed E-state index contributed by atoms with van der Waals surface area (Å²) in [6.07, 6.45) is 0.113. The van der Waals surface area contributed by atoms with Crippen LogP contribution in [0.2, 0.25) is 0 Å². The van der Waals surface area contributed by atoms with Gasteiger partial charge in [-0.15, -0.1) is 12.4 Å². The molecule has 0 saturated carbocycles. The second-order valence-electron chi connectivity index (χ2n) is 5.70. The molecule has 1 amide bonds. The number of nitrogens with one attached hydrogen (secondary N) is 2. The Balaban J connectivity index is 0.00000338. The van der Waals surface area contributed by atoms with Gasteiger partial charge in [0.05, 0.1) is 5.75 Å². The summed E-state index contributed by atoms with van der Waals surface area (Å²) in [6.45, 7) is 0.278. The largest absolute Gasteiger partial charge is 0.355 e. The number of rotatable bonds is 9. The van der Waals surface area contributed by atoms with Gasteiger partial charge >= 0.3 is 0 Å². The van der Waals surface area contributed by atoms with Crippen LogP contribution in [0.5, 0.6) is 0 Å². The Kier molecular flexibility index (Phi) is 9.29. The Bertz CT molecular complexity index is 771. The summed E-state index contributed by atoms with van der Waals surface area (Å²) in [5, 5.41) is 2.60. The average molecular weight is 398 g/mol. The van der Waals surface area contributed by atoms with Gasteiger partial charge in [-0.3, -0.25) is 4.79 Å². The molecule has 0 radical (unpaired) electrons. The van der Waals surface area contributed by atoms with Gasteiger partial charge in [0.15, 0.2) is 0 Å². The van der Waals surface area contributed by atoms with Crippen LogP contribution in [0.4, 0.5) is 0 Å². The Morgan fingerprint density at radius 3 is 2.19 bits per heavy atom. The van der Waals surface area contributed by atoms with E-state index in [4.69, 9.17) is 5.73 Å². The number of hydrogen-bond acceptors (Lipinski definition) is 4. The summed E-state index contributed by atoms with van der Waals surface area (Å²) in [5.74, 6) is -0.443. The molecule has 2 aromatic rings. The number of carbonyl (C=O) groups excluding carboxylic acids is 1. The van der Waals surface area contributed by atoms with Crippen molar-refractivity contribution in [3.05, 3.63) is 71.8 Å². The normalized spacial score (nSPS) is 12.0. The lowest BCUT2D eigenvalue weighted by atomic mass is 10.0. The molecule has 0 fully saturated rings. The van der Waals surface area contributed by atoms with Crippen LogP contribution in [0.1, 0.15) is 23.6 Å². The van der Waals surface area contributed by atoms with E-state index in [0.29, 0.717) is 0 Å². The summed E-state index contributed by atoms with van der Waals surface area (Å²) >= 11 is 0. The van der Waals surface area contributed by atoms with E-state index in [0.717, 1.165) is 11.1 Å². The molecule has 0 saturated heterocycles. The summed E-state index contributed by atoms with van der Waals surface area (Å²) in [7, 11) is -3.45. The highest BCUT2D eigenvalue weighted by Crippen LogP contribution is 2.12. The fraction of sp³-hybridized carbons (Fsp3) is 0.278. The standard InChI is InChI=1S/C18H23N3O3S.ClH/c19-17(16-9-5-2-6-10-16)13-18(22)20-11-12-25(23,24)21-14-15-7-3-1-4-8-15;/h1-10,17,21H,11-14,19H2,(H,20,22);1H.